The fraction of sp³-hybridized carbons (Fsp3) is 0.231. The highest BCUT2D eigenvalue weighted by atomic mass is 16.2. The van der Waals surface area contributed by atoms with E-state index < -0.39 is 5.92 Å². The van der Waals surface area contributed by atoms with Crippen LogP contribution >= 0.6 is 0 Å². The first-order valence-corrected chi connectivity index (χ1v) is 10.4. The highest BCUT2D eigenvalue weighted by Crippen LogP contribution is 2.45. The Hall–Kier alpha value is -3.40. The summed E-state index contributed by atoms with van der Waals surface area (Å²) in [6.07, 6.45) is 0.818. The predicted molar refractivity (Wildman–Crippen MR) is 116 cm³/mol. The number of amides is 2. The first kappa shape index (κ1) is 18.6. The predicted octanol–water partition coefficient (Wildman–Crippen LogP) is 4.15. The number of hydrogen-bond acceptors (Lipinski definition) is 2. The van der Waals surface area contributed by atoms with Gasteiger partial charge in [0.05, 0.1) is 12.0 Å². The quantitative estimate of drug-likeness (QED) is 0.723. The molecule has 4 heteroatoms. The van der Waals surface area contributed by atoms with Crippen LogP contribution in [0.3, 0.4) is 0 Å². The van der Waals surface area contributed by atoms with Gasteiger partial charge in [-0.15, -0.1) is 0 Å². The Kier molecular flexibility index (Phi) is 4.62. The van der Waals surface area contributed by atoms with E-state index in [2.05, 4.69) is 29.6 Å². The second-order valence-corrected chi connectivity index (χ2v) is 8.16. The van der Waals surface area contributed by atoms with Crippen LogP contribution in [0.4, 0.5) is 0 Å². The van der Waals surface area contributed by atoms with Crippen molar-refractivity contribution in [3.05, 3.63) is 106 Å². The van der Waals surface area contributed by atoms with Crippen LogP contribution in [0.1, 0.15) is 50.1 Å². The van der Waals surface area contributed by atoms with Gasteiger partial charge in [0.15, 0.2) is 0 Å². The average Bonchev–Trinajstić information content (AvgIpc) is 2.79. The van der Waals surface area contributed by atoms with Crippen LogP contribution in [0.25, 0.3) is 0 Å². The Morgan fingerprint density at radius 2 is 1.67 bits per heavy atom. The molecular formula is C26H24N2O2. The molecule has 0 saturated heterocycles. The summed E-state index contributed by atoms with van der Waals surface area (Å²) in [5, 5.41) is 3.13. The molecule has 0 spiro atoms. The Bertz CT molecular complexity index is 1120. The lowest BCUT2D eigenvalue weighted by Crippen LogP contribution is -2.50. The van der Waals surface area contributed by atoms with E-state index in [1.54, 1.807) is 0 Å². The molecule has 3 aromatic rings. The van der Waals surface area contributed by atoms with Crippen molar-refractivity contribution >= 4 is 11.8 Å². The van der Waals surface area contributed by atoms with Crippen LogP contribution in [0.15, 0.2) is 72.8 Å². The van der Waals surface area contributed by atoms with E-state index in [1.807, 2.05) is 60.4 Å². The lowest BCUT2D eigenvalue weighted by molar-refractivity contribution is -0.124. The molecule has 0 bridgehead atoms. The van der Waals surface area contributed by atoms with Crippen molar-refractivity contribution in [1.82, 2.24) is 10.2 Å². The number of nitrogens with one attached hydrogen (secondary N) is 1. The molecular weight excluding hydrogens is 372 g/mol. The molecule has 0 aliphatic carbocycles. The van der Waals surface area contributed by atoms with Gasteiger partial charge in [-0.3, -0.25) is 9.59 Å². The average molecular weight is 396 g/mol. The Labute approximate surface area is 176 Å². The summed E-state index contributed by atoms with van der Waals surface area (Å²) in [6, 6.07) is 23.7. The van der Waals surface area contributed by atoms with Crippen LogP contribution in [-0.4, -0.2) is 23.3 Å². The molecule has 2 atom stereocenters. The van der Waals surface area contributed by atoms with Gasteiger partial charge < -0.3 is 10.2 Å². The van der Waals surface area contributed by atoms with Crippen LogP contribution in [-0.2, 0) is 17.8 Å². The summed E-state index contributed by atoms with van der Waals surface area (Å²) in [7, 11) is 0. The third-order valence-electron chi connectivity index (χ3n) is 6.30. The minimum absolute atomic E-state index is 0.0210. The second-order valence-electron chi connectivity index (χ2n) is 8.16. The van der Waals surface area contributed by atoms with E-state index in [9.17, 15) is 9.59 Å². The molecule has 0 saturated carbocycles. The van der Waals surface area contributed by atoms with E-state index in [0.717, 1.165) is 23.1 Å². The highest BCUT2D eigenvalue weighted by Gasteiger charge is 2.45. The zero-order valence-corrected chi connectivity index (χ0v) is 17.0. The summed E-state index contributed by atoms with van der Waals surface area (Å²) in [4.78, 5) is 28.6. The summed E-state index contributed by atoms with van der Waals surface area (Å²) in [5.74, 6) is -0.444. The van der Waals surface area contributed by atoms with Gasteiger partial charge in [0.25, 0.3) is 5.91 Å². The molecule has 5 rings (SSSR count). The number of nitrogens with zero attached hydrogens (tertiary/aromatic N) is 1. The van der Waals surface area contributed by atoms with Crippen molar-refractivity contribution in [3.8, 4) is 0 Å². The molecule has 2 aliphatic heterocycles. The van der Waals surface area contributed by atoms with Crippen LogP contribution in [0.2, 0.25) is 0 Å². The minimum atomic E-state index is -0.425. The maximum atomic E-state index is 13.5. The molecule has 0 radical (unpaired) electrons. The van der Waals surface area contributed by atoms with E-state index >= 15 is 0 Å². The normalized spacial score (nSPS) is 19.5. The van der Waals surface area contributed by atoms with Crippen LogP contribution in [0, 0.1) is 6.92 Å². The van der Waals surface area contributed by atoms with Crippen molar-refractivity contribution in [3.63, 3.8) is 0 Å². The van der Waals surface area contributed by atoms with E-state index in [-0.39, 0.29) is 17.9 Å². The standard InChI is InChI=1S/C26H24N2O2/c1-17-10-12-18(13-11-17)16-27-25(29)23-21-8-4-5-9-22(21)26(30)28-15-14-19-6-2-3-7-20(19)24(23)28/h2-13,23-24H,14-16H2,1H3,(H,27,29)/t23-,24-/m1/s1. The smallest absolute Gasteiger partial charge is 0.254 e. The Morgan fingerprint density at radius 1 is 0.967 bits per heavy atom. The molecule has 150 valence electrons. The number of benzene rings is 3. The van der Waals surface area contributed by atoms with Gasteiger partial charge in [-0.2, -0.15) is 0 Å². The molecule has 2 heterocycles. The monoisotopic (exact) mass is 396 g/mol. The first-order valence-electron chi connectivity index (χ1n) is 10.4. The topological polar surface area (TPSA) is 49.4 Å². The van der Waals surface area contributed by atoms with Gasteiger partial charge in [0.2, 0.25) is 5.91 Å². The van der Waals surface area contributed by atoms with Crippen molar-refractivity contribution in [1.29, 1.82) is 0 Å². The van der Waals surface area contributed by atoms with Gasteiger partial charge in [0.1, 0.15) is 0 Å². The summed E-state index contributed by atoms with van der Waals surface area (Å²) >= 11 is 0. The summed E-state index contributed by atoms with van der Waals surface area (Å²) in [6.45, 7) is 3.16. The number of rotatable bonds is 3. The largest absolute Gasteiger partial charge is 0.351 e. The van der Waals surface area contributed by atoms with E-state index in [1.165, 1.54) is 11.1 Å². The molecule has 0 fully saturated rings. The van der Waals surface area contributed by atoms with Gasteiger partial charge >= 0.3 is 0 Å². The molecule has 3 aromatic carbocycles. The van der Waals surface area contributed by atoms with Gasteiger partial charge in [-0.1, -0.05) is 72.3 Å². The van der Waals surface area contributed by atoms with Crippen molar-refractivity contribution in [2.24, 2.45) is 0 Å². The van der Waals surface area contributed by atoms with Gasteiger partial charge in [0, 0.05) is 18.7 Å². The van der Waals surface area contributed by atoms with Crippen molar-refractivity contribution in [2.75, 3.05) is 6.54 Å². The van der Waals surface area contributed by atoms with Crippen molar-refractivity contribution in [2.45, 2.75) is 31.8 Å². The van der Waals surface area contributed by atoms with Gasteiger partial charge in [-0.25, -0.2) is 0 Å². The Morgan fingerprint density at radius 3 is 2.47 bits per heavy atom. The number of carbonyl (C=O) groups is 2. The molecule has 30 heavy (non-hydrogen) atoms. The van der Waals surface area contributed by atoms with Crippen molar-refractivity contribution < 1.29 is 9.59 Å². The minimum Gasteiger partial charge on any atom is -0.351 e. The SMILES string of the molecule is Cc1ccc(CNC(=O)[C@@H]2c3ccccc3C(=O)N3CCc4ccccc4[C@H]23)cc1. The van der Waals surface area contributed by atoms with E-state index in [4.69, 9.17) is 0 Å². The van der Waals surface area contributed by atoms with Crippen LogP contribution < -0.4 is 5.32 Å². The maximum absolute atomic E-state index is 13.5. The summed E-state index contributed by atoms with van der Waals surface area (Å²) in [5.41, 5.74) is 6.03. The number of fused-ring (bicyclic) bond motifs is 4. The Balaban J connectivity index is 1.53. The first-order chi connectivity index (χ1) is 14.6. The molecule has 0 aromatic heterocycles. The zero-order chi connectivity index (χ0) is 20.7. The molecule has 2 amide bonds. The maximum Gasteiger partial charge on any atom is 0.254 e. The number of carbonyl (C=O) groups excluding carboxylic acids is 2. The number of hydrogen-bond donors (Lipinski definition) is 1. The lowest BCUT2D eigenvalue weighted by Gasteiger charge is -2.45. The van der Waals surface area contributed by atoms with Gasteiger partial charge in [-0.05, 0) is 41.7 Å². The molecule has 2 aliphatic rings. The number of aryl methyl sites for hydroxylation is 1. The third kappa shape index (κ3) is 3.09. The van der Waals surface area contributed by atoms with Crippen LogP contribution in [0.5, 0.6) is 0 Å². The fourth-order valence-electron chi connectivity index (χ4n) is 4.76. The van der Waals surface area contributed by atoms with E-state index in [0.29, 0.717) is 18.7 Å². The summed E-state index contributed by atoms with van der Waals surface area (Å²) < 4.78 is 0. The second kappa shape index (κ2) is 7.45. The molecule has 1 N–H and O–H groups in total. The molecule has 0 unspecified atom stereocenters. The lowest BCUT2D eigenvalue weighted by atomic mass is 9.76. The molecule has 4 nitrogen and oxygen atoms in total. The zero-order valence-electron chi connectivity index (χ0n) is 17.0. The highest BCUT2D eigenvalue weighted by molar-refractivity contribution is 6.01. The fourth-order valence-corrected chi connectivity index (χ4v) is 4.76. The third-order valence-corrected chi connectivity index (χ3v) is 6.30.